The quantitative estimate of drug-likeness (QED) is 0.0415. The van der Waals surface area contributed by atoms with E-state index in [2.05, 4.69) is 50.6 Å². The molecule has 0 N–H and O–H groups in total. The summed E-state index contributed by atoms with van der Waals surface area (Å²) >= 11 is 0. The van der Waals surface area contributed by atoms with Crippen molar-refractivity contribution in [1.29, 1.82) is 0 Å². The first-order chi connectivity index (χ1) is 28.8. The van der Waals surface area contributed by atoms with Crippen molar-refractivity contribution in [3.63, 3.8) is 0 Å². The molecular weight excluding hydrogens is 761 g/mol. The van der Waals surface area contributed by atoms with Gasteiger partial charge in [0, 0.05) is 35.1 Å². The van der Waals surface area contributed by atoms with Crippen LogP contribution in [-0.4, -0.2) is 49.3 Å². The Labute approximate surface area is 352 Å². The summed E-state index contributed by atoms with van der Waals surface area (Å²) in [6.07, 6.45) is 6.66. The fraction of sp³-hybridized carbons (Fsp3) is 0.280. The van der Waals surface area contributed by atoms with Crippen molar-refractivity contribution in [2.75, 3.05) is 13.2 Å². The fourth-order valence-electron chi connectivity index (χ4n) is 6.23. The molecule has 60 heavy (non-hydrogen) atoms. The number of unbranched alkanes of at least 4 members (excludes halogenated alkanes) is 2. The van der Waals surface area contributed by atoms with Gasteiger partial charge in [-0.3, -0.25) is 0 Å². The van der Waals surface area contributed by atoms with Crippen LogP contribution >= 0.6 is 0 Å². The Kier molecular flexibility index (Phi) is 16.2. The Morgan fingerprint density at radius 3 is 1.08 bits per heavy atom. The van der Waals surface area contributed by atoms with Gasteiger partial charge >= 0.3 is 23.9 Å². The van der Waals surface area contributed by atoms with Gasteiger partial charge in [0.1, 0.15) is 35.2 Å². The van der Waals surface area contributed by atoms with Crippen LogP contribution in [0.15, 0.2) is 146 Å². The Bertz CT molecular complexity index is 1980. The maximum Gasteiger partial charge on any atom is 0.338 e. The molecule has 2 fully saturated rings. The molecule has 2 aliphatic rings. The first-order valence-corrected chi connectivity index (χ1v) is 20.0. The molecule has 10 heteroatoms. The molecule has 6 rings (SSSR count). The Morgan fingerprint density at radius 2 is 0.817 bits per heavy atom. The van der Waals surface area contributed by atoms with E-state index < -0.39 is 11.9 Å². The lowest BCUT2D eigenvalue weighted by Crippen LogP contribution is -2.08. The topological polar surface area (TPSA) is 124 Å². The summed E-state index contributed by atoms with van der Waals surface area (Å²) in [4.78, 5) is 45.7. The van der Waals surface area contributed by atoms with Crippen molar-refractivity contribution in [1.82, 2.24) is 0 Å². The number of benzene rings is 4. The predicted octanol–water partition coefficient (Wildman–Crippen LogP) is 10.5. The van der Waals surface area contributed by atoms with E-state index in [1.165, 1.54) is 0 Å². The van der Waals surface area contributed by atoms with Crippen molar-refractivity contribution in [2.24, 2.45) is 0 Å². The zero-order valence-corrected chi connectivity index (χ0v) is 34.4. The van der Waals surface area contributed by atoms with Crippen LogP contribution in [0.25, 0.3) is 22.3 Å². The zero-order chi connectivity index (χ0) is 43.0. The highest BCUT2D eigenvalue weighted by Gasteiger charge is 2.27. The molecule has 2 atom stereocenters. The molecule has 2 saturated heterocycles. The van der Waals surface area contributed by atoms with Crippen LogP contribution in [0.4, 0.5) is 0 Å². The number of esters is 4. The van der Waals surface area contributed by atoms with Crippen molar-refractivity contribution >= 4 is 23.9 Å². The van der Waals surface area contributed by atoms with Gasteiger partial charge in [-0.15, -0.1) is 0 Å². The largest absolute Gasteiger partial charge is 0.494 e. The smallest absolute Gasteiger partial charge is 0.338 e. The minimum atomic E-state index is -0.452. The van der Waals surface area contributed by atoms with Gasteiger partial charge in [0.2, 0.25) is 0 Å². The molecule has 0 amide bonds. The highest BCUT2D eigenvalue weighted by atomic mass is 16.6. The minimum Gasteiger partial charge on any atom is -0.494 e. The summed E-state index contributed by atoms with van der Waals surface area (Å²) < 4.78 is 32.5. The normalized spacial score (nSPS) is 15.6. The lowest BCUT2D eigenvalue weighted by Gasteiger charge is -2.11. The van der Waals surface area contributed by atoms with Crippen molar-refractivity contribution in [3.05, 3.63) is 146 Å². The minimum absolute atomic E-state index is 0.0213. The lowest BCUT2D eigenvalue weighted by molar-refractivity contribution is -0.140. The monoisotopic (exact) mass is 812 g/mol. The fourth-order valence-corrected chi connectivity index (χ4v) is 6.23. The van der Waals surface area contributed by atoms with Crippen LogP contribution in [0.3, 0.4) is 0 Å². The molecule has 0 saturated carbocycles. The maximum atomic E-state index is 11.5. The molecule has 2 heterocycles. The SMILES string of the molecule is C=C(C)C(=O)Oc1ccc(-c2ccc(OC(=O)C(=C)C)cc2)cc1.C=C1CC(CCCCOc2ccc(-c3ccc(OCCCCC4CC(=C)C(=O)O4)cc3)cc2)OC1=O. The summed E-state index contributed by atoms with van der Waals surface area (Å²) in [7, 11) is 0. The molecule has 0 bridgehead atoms. The predicted molar refractivity (Wildman–Crippen MR) is 231 cm³/mol. The summed E-state index contributed by atoms with van der Waals surface area (Å²) in [6, 6.07) is 30.4. The molecule has 4 aromatic rings. The number of rotatable bonds is 18. The highest BCUT2D eigenvalue weighted by Crippen LogP contribution is 2.28. The van der Waals surface area contributed by atoms with E-state index in [9.17, 15) is 19.2 Å². The van der Waals surface area contributed by atoms with Gasteiger partial charge in [0.15, 0.2) is 0 Å². The second-order valence-electron chi connectivity index (χ2n) is 14.8. The molecule has 2 unspecified atom stereocenters. The van der Waals surface area contributed by atoms with Crippen molar-refractivity contribution in [2.45, 2.75) is 77.4 Å². The zero-order valence-electron chi connectivity index (χ0n) is 34.4. The lowest BCUT2D eigenvalue weighted by atomic mass is 10.1. The number of ether oxygens (including phenoxy) is 6. The van der Waals surface area contributed by atoms with Gasteiger partial charge < -0.3 is 28.4 Å². The van der Waals surface area contributed by atoms with Crippen LogP contribution < -0.4 is 18.9 Å². The first kappa shape index (κ1) is 44.4. The molecule has 312 valence electrons. The number of cyclic esters (lactones) is 2. The van der Waals surface area contributed by atoms with Gasteiger partial charge in [-0.05, 0) is 123 Å². The Morgan fingerprint density at radius 1 is 0.517 bits per heavy atom. The van der Waals surface area contributed by atoms with Gasteiger partial charge in [0.05, 0.1) is 13.2 Å². The third-order valence-electron chi connectivity index (χ3n) is 9.65. The number of hydrogen-bond donors (Lipinski definition) is 0. The maximum absolute atomic E-state index is 11.5. The van der Waals surface area contributed by atoms with E-state index in [1.54, 1.807) is 38.1 Å². The average molecular weight is 813 g/mol. The van der Waals surface area contributed by atoms with Crippen molar-refractivity contribution in [3.8, 4) is 45.3 Å². The standard InChI is InChI=1S/C30H34O6.C20H18O4/c1-21-19-27(35-29(21)31)7-3-5-17-33-25-13-9-23(10-14-25)24-11-15-26(16-12-24)34-18-6-4-8-28-20-22(2)30(32)36-28;1-13(2)19(21)23-17-9-5-15(6-10-17)16-7-11-18(12-8-16)24-20(22)14(3)4/h9-16,27-28H,1-8,17-20H2;5-12H,1,3H2,2,4H3. The van der Waals surface area contributed by atoms with Gasteiger partial charge in [-0.2, -0.15) is 0 Å². The Balaban J connectivity index is 0.000000247. The van der Waals surface area contributed by atoms with Crippen LogP contribution in [0.1, 0.15) is 65.2 Å². The van der Waals surface area contributed by atoms with Gasteiger partial charge in [-0.25, -0.2) is 19.2 Å². The highest BCUT2D eigenvalue weighted by molar-refractivity contribution is 5.91. The Hall–Kier alpha value is -6.68. The van der Waals surface area contributed by atoms with Crippen LogP contribution in [-0.2, 0) is 28.7 Å². The molecule has 0 spiro atoms. The average Bonchev–Trinajstić information content (AvgIpc) is 3.75. The van der Waals surface area contributed by atoms with E-state index in [0.717, 1.165) is 72.3 Å². The molecule has 10 nitrogen and oxygen atoms in total. The van der Waals surface area contributed by atoms with E-state index in [1.807, 2.05) is 48.5 Å². The molecule has 4 aromatic carbocycles. The summed E-state index contributed by atoms with van der Waals surface area (Å²) in [5.41, 5.74) is 5.97. The van der Waals surface area contributed by atoms with Crippen molar-refractivity contribution < 1.29 is 47.6 Å². The summed E-state index contributed by atoms with van der Waals surface area (Å²) in [5.74, 6) is 1.18. The van der Waals surface area contributed by atoms with Gasteiger partial charge in [-0.1, -0.05) is 74.8 Å². The summed E-state index contributed by atoms with van der Waals surface area (Å²) in [6.45, 7) is 19.0. The number of hydrogen-bond acceptors (Lipinski definition) is 10. The molecule has 0 aromatic heterocycles. The second-order valence-corrected chi connectivity index (χ2v) is 14.8. The molecule has 0 radical (unpaired) electrons. The van der Waals surface area contributed by atoms with Crippen LogP contribution in [0, 0.1) is 0 Å². The van der Waals surface area contributed by atoms with E-state index in [-0.39, 0.29) is 24.1 Å². The molecule has 0 aliphatic carbocycles. The third kappa shape index (κ3) is 13.7. The number of carbonyl (C=O) groups excluding carboxylic acids is 4. The van der Waals surface area contributed by atoms with E-state index >= 15 is 0 Å². The third-order valence-corrected chi connectivity index (χ3v) is 9.65. The van der Waals surface area contributed by atoms with Crippen LogP contribution in [0.5, 0.6) is 23.0 Å². The second kappa shape index (κ2) is 21.9. The molecular formula is C50H52O10. The van der Waals surface area contributed by atoms with Gasteiger partial charge in [0.25, 0.3) is 0 Å². The van der Waals surface area contributed by atoms with E-state index in [0.29, 0.717) is 59.8 Å². The molecule has 2 aliphatic heterocycles. The number of carbonyl (C=O) groups is 4. The van der Waals surface area contributed by atoms with E-state index in [4.69, 9.17) is 28.4 Å². The summed E-state index contributed by atoms with van der Waals surface area (Å²) in [5, 5.41) is 0. The first-order valence-electron chi connectivity index (χ1n) is 20.0. The van der Waals surface area contributed by atoms with Crippen LogP contribution in [0.2, 0.25) is 0 Å².